The number of piperazine rings is 2. The average Bonchev–Trinajstić information content (AvgIpc) is 2.76. The van der Waals surface area contributed by atoms with E-state index < -0.39 is 0 Å². The summed E-state index contributed by atoms with van der Waals surface area (Å²) in [6.07, 6.45) is 0. The summed E-state index contributed by atoms with van der Waals surface area (Å²) in [5.41, 5.74) is 2.43. The molecule has 0 unspecified atom stereocenters. The molecule has 1 amide bonds. The van der Waals surface area contributed by atoms with E-state index in [4.69, 9.17) is 11.6 Å². The third-order valence-electron chi connectivity index (χ3n) is 5.90. The van der Waals surface area contributed by atoms with Crippen LogP contribution in [0.1, 0.15) is 5.56 Å². The lowest BCUT2D eigenvalue weighted by Crippen LogP contribution is -2.53. The lowest BCUT2D eigenvalue weighted by molar-refractivity contribution is -0.134. The van der Waals surface area contributed by atoms with Gasteiger partial charge in [0.1, 0.15) is 0 Å². The van der Waals surface area contributed by atoms with Gasteiger partial charge in [0, 0.05) is 58.9 Å². The van der Waals surface area contributed by atoms with Crippen molar-refractivity contribution in [1.82, 2.24) is 14.7 Å². The Morgan fingerprint density at radius 1 is 0.759 bits per heavy atom. The van der Waals surface area contributed by atoms with Crippen molar-refractivity contribution in [1.29, 1.82) is 0 Å². The van der Waals surface area contributed by atoms with Crippen molar-refractivity contribution in [3.8, 4) is 0 Å². The zero-order valence-electron chi connectivity index (χ0n) is 16.8. The third-order valence-corrected chi connectivity index (χ3v) is 6.22. The highest BCUT2D eigenvalue weighted by Gasteiger charge is 2.25. The monoisotopic (exact) mass is 412 g/mol. The van der Waals surface area contributed by atoms with Gasteiger partial charge in [-0.2, -0.15) is 0 Å². The van der Waals surface area contributed by atoms with Gasteiger partial charge in [-0.25, -0.2) is 0 Å². The van der Waals surface area contributed by atoms with Gasteiger partial charge in [-0.1, -0.05) is 54.1 Å². The lowest BCUT2D eigenvalue weighted by Gasteiger charge is -2.38. The van der Waals surface area contributed by atoms with E-state index in [1.165, 1.54) is 5.56 Å². The molecule has 0 atom stereocenters. The number of anilines is 1. The van der Waals surface area contributed by atoms with Crippen molar-refractivity contribution in [2.75, 3.05) is 63.8 Å². The number of carbonyl (C=O) groups excluding carboxylic acids is 1. The van der Waals surface area contributed by atoms with Gasteiger partial charge in [0.25, 0.3) is 0 Å². The quantitative estimate of drug-likeness (QED) is 0.755. The number of carbonyl (C=O) groups is 1. The molecule has 2 aromatic carbocycles. The largest absolute Gasteiger partial charge is 0.368 e. The van der Waals surface area contributed by atoms with Crippen LogP contribution >= 0.6 is 11.6 Å². The summed E-state index contributed by atoms with van der Waals surface area (Å²) >= 11 is 6.32. The van der Waals surface area contributed by atoms with Crippen molar-refractivity contribution < 1.29 is 4.79 Å². The first-order chi connectivity index (χ1) is 14.2. The van der Waals surface area contributed by atoms with Crippen LogP contribution in [0.5, 0.6) is 0 Å². The maximum Gasteiger partial charge on any atom is 0.236 e. The molecule has 29 heavy (non-hydrogen) atoms. The van der Waals surface area contributed by atoms with Crippen LogP contribution in [0.25, 0.3) is 0 Å². The topological polar surface area (TPSA) is 30.0 Å². The number of nitrogens with zero attached hydrogens (tertiary/aromatic N) is 4. The van der Waals surface area contributed by atoms with Crippen molar-refractivity contribution >= 4 is 23.2 Å². The number of benzene rings is 2. The maximum absolute atomic E-state index is 12.8. The molecule has 2 aromatic rings. The van der Waals surface area contributed by atoms with Gasteiger partial charge in [-0.05, 0) is 17.7 Å². The summed E-state index contributed by atoms with van der Waals surface area (Å²) in [5, 5.41) is 0.797. The summed E-state index contributed by atoms with van der Waals surface area (Å²) in [4.78, 5) is 21.8. The zero-order valence-corrected chi connectivity index (χ0v) is 17.6. The Labute approximate surface area is 178 Å². The number of hydrogen-bond acceptors (Lipinski definition) is 4. The highest BCUT2D eigenvalue weighted by Crippen LogP contribution is 2.26. The number of rotatable bonds is 5. The van der Waals surface area contributed by atoms with E-state index in [1.807, 2.05) is 29.2 Å². The molecule has 5 nitrogen and oxygen atoms in total. The molecule has 154 valence electrons. The van der Waals surface area contributed by atoms with E-state index in [1.54, 1.807) is 0 Å². The van der Waals surface area contributed by atoms with Crippen molar-refractivity contribution in [2.45, 2.75) is 6.54 Å². The van der Waals surface area contributed by atoms with E-state index >= 15 is 0 Å². The van der Waals surface area contributed by atoms with Crippen LogP contribution in [0, 0.1) is 0 Å². The SMILES string of the molecule is O=C(CN1CCN(c2ccccc2Cl)CC1)N1CCN(Cc2ccccc2)CC1. The van der Waals surface area contributed by atoms with Crippen molar-refractivity contribution in [3.63, 3.8) is 0 Å². The summed E-state index contributed by atoms with van der Waals surface area (Å²) in [6.45, 7) is 8.62. The molecule has 2 aliphatic rings. The first kappa shape index (κ1) is 20.2. The van der Waals surface area contributed by atoms with E-state index in [9.17, 15) is 4.79 Å². The first-order valence-corrected chi connectivity index (χ1v) is 10.8. The van der Waals surface area contributed by atoms with E-state index in [-0.39, 0.29) is 5.91 Å². The molecular weight excluding hydrogens is 384 g/mol. The van der Waals surface area contributed by atoms with Crippen molar-refractivity contribution in [2.24, 2.45) is 0 Å². The second kappa shape index (κ2) is 9.61. The Hall–Kier alpha value is -2.08. The molecule has 2 fully saturated rings. The van der Waals surface area contributed by atoms with Gasteiger partial charge in [0.05, 0.1) is 17.3 Å². The second-order valence-electron chi connectivity index (χ2n) is 7.86. The molecule has 6 heteroatoms. The van der Waals surface area contributed by atoms with Gasteiger partial charge < -0.3 is 9.80 Å². The Kier molecular flexibility index (Phi) is 6.70. The van der Waals surface area contributed by atoms with Crippen LogP contribution in [0.4, 0.5) is 5.69 Å². The molecule has 2 aliphatic heterocycles. The fourth-order valence-electron chi connectivity index (χ4n) is 4.14. The van der Waals surface area contributed by atoms with Gasteiger partial charge in [0.2, 0.25) is 5.91 Å². The minimum atomic E-state index is 0.260. The van der Waals surface area contributed by atoms with Crippen molar-refractivity contribution in [3.05, 3.63) is 65.2 Å². The van der Waals surface area contributed by atoms with Crippen LogP contribution in [0.15, 0.2) is 54.6 Å². The van der Waals surface area contributed by atoms with Crippen LogP contribution in [0.3, 0.4) is 0 Å². The summed E-state index contributed by atoms with van der Waals surface area (Å²) < 4.78 is 0. The molecule has 0 spiro atoms. The Morgan fingerprint density at radius 2 is 1.38 bits per heavy atom. The van der Waals surface area contributed by atoms with Gasteiger partial charge in [0.15, 0.2) is 0 Å². The van der Waals surface area contributed by atoms with E-state index in [2.05, 4.69) is 45.0 Å². The van der Waals surface area contributed by atoms with Gasteiger partial charge in [-0.3, -0.25) is 14.6 Å². The Balaban J connectivity index is 1.20. The molecule has 2 heterocycles. The molecule has 0 radical (unpaired) electrons. The number of amides is 1. The molecule has 0 aliphatic carbocycles. The minimum absolute atomic E-state index is 0.260. The molecule has 0 N–H and O–H groups in total. The average molecular weight is 413 g/mol. The predicted octanol–water partition coefficient (Wildman–Crippen LogP) is 2.81. The fraction of sp³-hybridized carbons (Fsp3) is 0.435. The Morgan fingerprint density at radius 3 is 2.07 bits per heavy atom. The maximum atomic E-state index is 12.8. The summed E-state index contributed by atoms with van der Waals surface area (Å²) in [7, 11) is 0. The number of hydrogen-bond donors (Lipinski definition) is 0. The second-order valence-corrected chi connectivity index (χ2v) is 8.26. The van der Waals surface area contributed by atoms with Crippen LogP contribution < -0.4 is 4.90 Å². The fourth-order valence-corrected chi connectivity index (χ4v) is 4.40. The highest BCUT2D eigenvalue weighted by atomic mass is 35.5. The molecule has 2 saturated heterocycles. The lowest BCUT2D eigenvalue weighted by atomic mass is 10.2. The molecule has 0 saturated carbocycles. The van der Waals surface area contributed by atoms with Gasteiger partial charge >= 0.3 is 0 Å². The van der Waals surface area contributed by atoms with Crippen LogP contribution in [-0.2, 0) is 11.3 Å². The molecule has 0 aromatic heterocycles. The molecular formula is C23H29ClN4O. The minimum Gasteiger partial charge on any atom is -0.368 e. The van der Waals surface area contributed by atoms with Crippen LogP contribution in [0.2, 0.25) is 5.02 Å². The van der Waals surface area contributed by atoms with E-state index in [0.717, 1.165) is 69.6 Å². The smallest absolute Gasteiger partial charge is 0.236 e. The van der Waals surface area contributed by atoms with Gasteiger partial charge in [-0.15, -0.1) is 0 Å². The summed E-state index contributed by atoms with van der Waals surface area (Å²) in [6, 6.07) is 18.5. The first-order valence-electron chi connectivity index (χ1n) is 10.4. The predicted molar refractivity (Wildman–Crippen MR) is 118 cm³/mol. The molecule has 4 rings (SSSR count). The standard InChI is InChI=1S/C23H29ClN4O/c24-21-8-4-5-9-22(21)27-14-10-26(11-15-27)19-23(29)28-16-12-25(13-17-28)18-20-6-2-1-3-7-20/h1-9H,10-19H2. The number of halogens is 1. The normalized spacial score (nSPS) is 18.8. The Bertz CT molecular complexity index is 800. The highest BCUT2D eigenvalue weighted by molar-refractivity contribution is 6.33. The number of para-hydroxylation sites is 1. The zero-order chi connectivity index (χ0) is 20.1. The summed E-state index contributed by atoms with van der Waals surface area (Å²) in [5.74, 6) is 0.260. The molecule has 0 bridgehead atoms. The third kappa shape index (κ3) is 5.30. The van der Waals surface area contributed by atoms with E-state index in [0.29, 0.717) is 6.54 Å². The van der Waals surface area contributed by atoms with Crippen LogP contribution in [-0.4, -0.2) is 79.5 Å².